The second-order valence-corrected chi connectivity index (χ2v) is 5.85. The van der Waals surface area contributed by atoms with E-state index in [1.165, 1.54) is 4.88 Å². The molecule has 2 unspecified atom stereocenters. The summed E-state index contributed by atoms with van der Waals surface area (Å²) in [6.07, 6.45) is 3.87. The number of hydrogen-bond acceptors (Lipinski definition) is 4. The maximum atomic E-state index is 11.3. The third kappa shape index (κ3) is 2.92. The van der Waals surface area contributed by atoms with Crippen molar-refractivity contribution in [2.24, 2.45) is 0 Å². The molecule has 4 nitrogen and oxygen atoms in total. The summed E-state index contributed by atoms with van der Waals surface area (Å²) in [5.41, 5.74) is 1.01. The zero-order valence-electron chi connectivity index (χ0n) is 11.3. The Morgan fingerprint density at radius 2 is 2.10 bits per heavy atom. The summed E-state index contributed by atoms with van der Waals surface area (Å²) in [6.45, 7) is 0. The Kier molecular flexibility index (Phi) is 3.92. The summed E-state index contributed by atoms with van der Waals surface area (Å²) in [5, 5.41) is 14.6. The normalized spacial score (nSPS) is 18.5. The molecule has 2 aromatic rings. The van der Waals surface area contributed by atoms with E-state index < -0.39 is 5.97 Å². The first kappa shape index (κ1) is 13.7. The Labute approximate surface area is 127 Å². The van der Waals surface area contributed by atoms with E-state index >= 15 is 0 Å². The number of carbonyl (C=O) groups is 1. The lowest BCUT2D eigenvalue weighted by Crippen LogP contribution is -2.31. The summed E-state index contributed by atoms with van der Waals surface area (Å²) in [4.78, 5) is 14.5. The van der Waals surface area contributed by atoms with Crippen molar-refractivity contribution < 1.29 is 9.90 Å². The minimum atomic E-state index is -0.797. The Hall–Kier alpha value is -2.27. The molecule has 2 N–H and O–H groups in total. The quantitative estimate of drug-likeness (QED) is 0.889. The lowest BCUT2D eigenvalue weighted by molar-refractivity contribution is -0.138. The molecular formula is C16H16N2O2S. The molecule has 1 aromatic carbocycles. The number of hydrogen-bond donors (Lipinski definition) is 2. The Bertz CT molecular complexity index is 625. The highest BCUT2D eigenvalue weighted by atomic mass is 32.1. The topological polar surface area (TPSA) is 52.6 Å². The molecule has 1 aliphatic rings. The molecule has 0 bridgehead atoms. The van der Waals surface area contributed by atoms with Gasteiger partial charge >= 0.3 is 5.97 Å². The zero-order valence-corrected chi connectivity index (χ0v) is 12.2. The Balaban J connectivity index is 1.92. The fourth-order valence-electron chi connectivity index (χ4n) is 2.59. The minimum Gasteiger partial charge on any atom is -0.481 e. The predicted molar refractivity (Wildman–Crippen MR) is 82.6 cm³/mol. The largest absolute Gasteiger partial charge is 0.481 e. The van der Waals surface area contributed by atoms with Gasteiger partial charge in [0.1, 0.15) is 6.17 Å². The number of rotatable bonds is 5. The molecule has 108 valence electrons. The second-order valence-electron chi connectivity index (χ2n) is 4.87. The van der Waals surface area contributed by atoms with Crippen LogP contribution in [-0.2, 0) is 4.79 Å². The SMILES string of the molecule is O=C(O)CC(c1ccccc1)N1C=CNC1c1cccs1. The number of thiophene rings is 1. The summed E-state index contributed by atoms with van der Waals surface area (Å²) >= 11 is 1.66. The van der Waals surface area contributed by atoms with Crippen molar-refractivity contribution in [2.75, 3.05) is 0 Å². The average molecular weight is 300 g/mol. The third-order valence-corrected chi connectivity index (χ3v) is 4.45. The van der Waals surface area contributed by atoms with E-state index in [-0.39, 0.29) is 18.6 Å². The van der Waals surface area contributed by atoms with Crippen LogP contribution >= 0.6 is 11.3 Å². The maximum absolute atomic E-state index is 11.3. The standard InChI is InChI=1S/C16H16N2O2S/c19-15(20)11-13(12-5-2-1-3-6-12)18-9-8-17-16(18)14-7-4-10-21-14/h1-10,13,16-17H,11H2,(H,19,20). The molecule has 0 saturated heterocycles. The van der Waals surface area contributed by atoms with E-state index in [2.05, 4.69) is 16.3 Å². The van der Waals surface area contributed by atoms with Gasteiger partial charge in [0.15, 0.2) is 0 Å². The number of nitrogens with one attached hydrogen (secondary N) is 1. The van der Waals surface area contributed by atoms with Gasteiger partial charge in [-0.1, -0.05) is 36.4 Å². The van der Waals surface area contributed by atoms with Crippen LogP contribution in [0.4, 0.5) is 0 Å². The first-order valence-electron chi connectivity index (χ1n) is 6.76. The van der Waals surface area contributed by atoms with Crippen molar-refractivity contribution in [3.63, 3.8) is 0 Å². The van der Waals surface area contributed by atoms with Gasteiger partial charge < -0.3 is 15.3 Å². The van der Waals surface area contributed by atoms with Crippen LogP contribution in [-0.4, -0.2) is 16.0 Å². The zero-order chi connectivity index (χ0) is 14.7. The van der Waals surface area contributed by atoms with E-state index in [1.54, 1.807) is 11.3 Å². The van der Waals surface area contributed by atoms with Crippen LogP contribution in [0.1, 0.15) is 29.1 Å². The molecule has 0 radical (unpaired) electrons. The number of benzene rings is 1. The molecule has 2 heterocycles. The molecular weight excluding hydrogens is 284 g/mol. The Morgan fingerprint density at radius 1 is 1.29 bits per heavy atom. The lowest BCUT2D eigenvalue weighted by Gasteiger charge is -2.32. The molecule has 2 atom stereocenters. The summed E-state index contributed by atoms with van der Waals surface area (Å²) < 4.78 is 0. The second kappa shape index (κ2) is 6.01. The van der Waals surface area contributed by atoms with Crippen LogP contribution < -0.4 is 5.32 Å². The van der Waals surface area contributed by atoms with Gasteiger partial charge in [-0.25, -0.2) is 0 Å². The molecule has 1 aromatic heterocycles. The van der Waals surface area contributed by atoms with Crippen LogP contribution in [0.5, 0.6) is 0 Å². The molecule has 0 saturated carbocycles. The van der Waals surface area contributed by atoms with Crippen LogP contribution in [0.15, 0.2) is 60.2 Å². The van der Waals surface area contributed by atoms with Crippen molar-refractivity contribution in [1.82, 2.24) is 10.2 Å². The smallest absolute Gasteiger partial charge is 0.305 e. The number of carboxylic acid groups (broad SMARTS) is 1. The number of aliphatic carboxylic acids is 1. The van der Waals surface area contributed by atoms with Gasteiger partial charge in [0.2, 0.25) is 0 Å². The van der Waals surface area contributed by atoms with Crippen LogP contribution in [0.2, 0.25) is 0 Å². The summed E-state index contributed by atoms with van der Waals surface area (Å²) in [7, 11) is 0. The molecule has 0 amide bonds. The molecule has 0 fully saturated rings. The van der Waals surface area contributed by atoms with E-state index in [9.17, 15) is 9.90 Å². The van der Waals surface area contributed by atoms with E-state index in [1.807, 2.05) is 54.2 Å². The average Bonchev–Trinajstić information content (AvgIpc) is 3.16. The number of nitrogens with zero attached hydrogens (tertiary/aromatic N) is 1. The highest BCUT2D eigenvalue weighted by Gasteiger charge is 2.30. The van der Waals surface area contributed by atoms with Gasteiger partial charge in [-0.2, -0.15) is 0 Å². The van der Waals surface area contributed by atoms with Crippen molar-refractivity contribution in [1.29, 1.82) is 0 Å². The van der Waals surface area contributed by atoms with Gasteiger partial charge in [-0.15, -0.1) is 11.3 Å². The predicted octanol–water partition coefficient (Wildman–Crippen LogP) is 3.34. The van der Waals surface area contributed by atoms with Crippen molar-refractivity contribution in [2.45, 2.75) is 18.6 Å². The van der Waals surface area contributed by atoms with Gasteiger partial charge in [-0.05, 0) is 17.0 Å². The fourth-order valence-corrected chi connectivity index (χ4v) is 3.38. The van der Waals surface area contributed by atoms with Gasteiger partial charge in [0, 0.05) is 17.3 Å². The van der Waals surface area contributed by atoms with E-state index in [0.29, 0.717) is 0 Å². The molecule has 21 heavy (non-hydrogen) atoms. The third-order valence-electron chi connectivity index (χ3n) is 3.52. The molecule has 1 aliphatic heterocycles. The van der Waals surface area contributed by atoms with E-state index in [0.717, 1.165) is 5.56 Å². The van der Waals surface area contributed by atoms with Crippen LogP contribution in [0, 0.1) is 0 Å². The highest BCUT2D eigenvalue weighted by molar-refractivity contribution is 7.10. The molecule has 0 spiro atoms. The van der Waals surface area contributed by atoms with Gasteiger partial charge in [0.05, 0.1) is 12.5 Å². The minimum absolute atomic E-state index is 0.00504. The van der Waals surface area contributed by atoms with E-state index in [4.69, 9.17) is 0 Å². The van der Waals surface area contributed by atoms with Crippen molar-refractivity contribution in [3.05, 3.63) is 70.7 Å². The fraction of sp³-hybridized carbons (Fsp3) is 0.188. The molecule has 0 aliphatic carbocycles. The van der Waals surface area contributed by atoms with Gasteiger partial charge in [-0.3, -0.25) is 4.79 Å². The van der Waals surface area contributed by atoms with Crippen molar-refractivity contribution >= 4 is 17.3 Å². The first-order valence-corrected chi connectivity index (χ1v) is 7.64. The maximum Gasteiger partial charge on any atom is 0.305 e. The number of carboxylic acids is 1. The van der Waals surface area contributed by atoms with Crippen LogP contribution in [0.3, 0.4) is 0 Å². The Morgan fingerprint density at radius 3 is 2.76 bits per heavy atom. The van der Waals surface area contributed by atoms with Crippen molar-refractivity contribution in [3.8, 4) is 0 Å². The monoisotopic (exact) mass is 300 g/mol. The highest BCUT2D eigenvalue weighted by Crippen LogP contribution is 2.35. The lowest BCUT2D eigenvalue weighted by atomic mass is 10.0. The van der Waals surface area contributed by atoms with Crippen LogP contribution in [0.25, 0.3) is 0 Å². The van der Waals surface area contributed by atoms with Gasteiger partial charge in [0.25, 0.3) is 0 Å². The molecule has 5 heteroatoms. The first-order chi connectivity index (χ1) is 10.3. The summed E-state index contributed by atoms with van der Waals surface area (Å²) in [5.74, 6) is -0.797. The summed E-state index contributed by atoms with van der Waals surface area (Å²) in [6, 6.07) is 13.7. The molecule has 3 rings (SSSR count).